The molecule has 0 fully saturated rings. The Morgan fingerprint density at radius 2 is 1.53 bits per heavy atom. The van der Waals surface area contributed by atoms with E-state index in [0.717, 1.165) is 72.7 Å². The zero-order valence-corrected chi connectivity index (χ0v) is 20.2. The lowest BCUT2D eigenvalue weighted by molar-refractivity contribution is 0.200. The SMILES string of the molecule is Cc1nc(-c2ccccc2)c(-c2ccccc2)n1CCCCCCNC(=O)Oc1ccc(F)c(F)c1. The van der Waals surface area contributed by atoms with E-state index in [1.54, 1.807) is 0 Å². The number of amides is 1. The summed E-state index contributed by atoms with van der Waals surface area (Å²) >= 11 is 0. The normalized spacial score (nSPS) is 10.9. The number of benzene rings is 3. The molecule has 4 aromatic rings. The van der Waals surface area contributed by atoms with Crippen LogP contribution in [0.15, 0.2) is 78.9 Å². The molecule has 0 aliphatic heterocycles. The summed E-state index contributed by atoms with van der Waals surface area (Å²) < 4.78 is 33.5. The highest BCUT2D eigenvalue weighted by Crippen LogP contribution is 2.33. The number of hydrogen-bond donors (Lipinski definition) is 1. The molecule has 3 aromatic carbocycles. The predicted octanol–water partition coefficient (Wildman–Crippen LogP) is 7.15. The number of hydrogen-bond acceptors (Lipinski definition) is 3. The Morgan fingerprint density at radius 3 is 2.22 bits per heavy atom. The summed E-state index contributed by atoms with van der Waals surface area (Å²) in [5, 5.41) is 2.64. The van der Waals surface area contributed by atoms with Crippen molar-refractivity contribution >= 4 is 6.09 Å². The average molecular weight is 490 g/mol. The summed E-state index contributed by atoms with van der Waals surface area (Å²) in [6, 6.07) is 23.5. The van der Waals surface area contributed by atoms with Crippen LogP contribution in [0.25, 0.3) is 22.5 Å². The van der Waals surface area contributed by atoms with Crippen molar-refractivity contribution in [1.29, 1.82) is 0 Å². The number of imidazole rings is 1. The average Bonchev–Trinajstić information content (AvgIpc) is 3.22. The molecule has 4 rings (SSSR count). The van der Waals surface area contributed by atoms with E-state index in [-0.39, 0.29) is 5.75 Å². The predicted molar refractivity (Wildman–Crippen MR) is 137 cm³/mol. The fourth-order valence-corrected chi connectivity index (χ4v) is 4.15. The van der Waals surface area contributed by atoms with Gasteiger partial charge in [0.25, 0.3) is 0 Å². The first-order valence-electron chi connectivity index (χ1n) is 12.1. The summed E-state index contributed by atoms with van der Waals surface area (Å²) in [5.74, 6) is -1.10. The van der Waals surface area contributed by atoms with Gasteiger partial charge in [-0.05, 0) is 31.9 Å². The highest BCUT2D eigenvalue weighted by molar-refractivity contribution is 5.79. The van der Waals surface area contributed by atoms with Gasteiger partial charge in [0.15, 0.2) is 11.6 Å². The van der Waals surface area contributed by atoms with E-state index in [1.165, 1.54) is 6.07 Å². The maximum atomic E-state index is 13.2. The molecule has 1 aromatic heterocycles. The van der Waals surface area contributed by atoms with Crippen LogP contribution in [0.3, 0.4) is 0 Å². The lowest BCUT2D eigenvalue weighted by Gasteiger charge is -2.12. The zero-order valence-electron chi connectivity index (χ0n) is 20.2. The second-order valence-corrected chi connectivity index (χ2v) is 8.55. The van der Waals surface area contributed by atoms with Crippen molar-refractivity contribution in [2.24, 2.45) is 0 Å². The first kappa shape index (κ1) is 25.1. The molecule has 0 atom stereocenters. The van der Waals surface area contributed by atoms with Gasteiger partial charge in [-0.1, -0.05) is 73.5 Å². The van der Waals surface area contributed by atoms with Gasteiger partial charge in [0.2, 0.25) is 0 Å². The molecule has 0 radical (unpaired) electrons. The van der Waals surface area contributed by atoms with Gasteiger partial charge in [0.05, 0.1) is 11.4 Å². The Balaban J connectivity index is 1.28. The molecule has 0 unspecified atom stereocenters. The number of nitrogens with one attached hydrogen (secondary N) is 1. The third kappa shape index (κ3) is 6.36. The molecule has 0 spiro atoms. The van der Waals surface area contributed by atoms with Crippen molar-refractivity contribution in [2.45, 2.75) is 39.2 Å². The van der Waals surface area contributed by atoms with Gasteiger partial charge in [-0.25, -0.2) is 18.6 Å². The van der Waals surface area contributed by atoms with E-state index < -0.39 is 17.7 Å². The maximum Gasteiger partial charge on any atom is 0.412 e. The maximum absolute atomic E-state index is 13.2. The minimum Gasteiger partial charge on any atom is -0.410 e. The minimum atomic E-state index is -1.06. The van der Waals surface area contributed by atoms with Crippen LogP contribution in [0.2, 0.25) is 0 Å². The van der Waals surface area contributed by atoms with Crippen LogP contribution in [0.4, 0.5) is 13.6 Å². The number of carbonyl (C=O) groups excluding carboxylic acids is 1. The minimum absolute atomic E-state index is 0.0359. The standard InChI is InChI=1S/C29H29F2N3O2/c1-21-33-27(22-12-6-4-7-13-22)28(23-14-8-5-9-15-23)34(21)19-11-3-2-10-18-32-29(35)36-24-16-17-25(30)26(31)20-24/h4-9,12-17,20H,2-3,10-11,18-19H2,1H3,(H,32,35). The van der Waals surface area contributed by atoms with Gasteiger partial charge >= 0.3 is 6.09 Å². The summed E-state index contributed by atoms with van der Waals surface area (Å²) in [7, 11) is 0. The van der Waals surface area contributed by atoms with Gasteiger partial charge in [-0.3, -0.25) is 0 Å². The monoisotopic (exact) mass is 489 g/mol. The largest absolute Gasteiger partial charge is 0.412 e. The smallest absolute Gasteiger partial charge is 0.410 e. The van der Waals surface area contributed by atoms with E-state index in [0.29, 0.717) is 6.54 Å². The number of halogens is 2. The number of ether oxygens (including phenoxy) is 1. The number of nitrogens with zero attached hydrogens (tertiary/aromatic N) is 2. The molecule has 0 saturated carbocycles. The Labute approximate surface area is 209 Å². The van der Waals surface area contributed by atoms with Gasteiger partial charge in [-0.15, -0.1) is 0 Å². The first-order chi connectivity index (χ1) is 17.5. The second-order valence-electron chi connectivity index (χ2n) is 8.55. The van der Waals surface area contributed by atoms with E-state index in [2.05, 4.69) is 34.1 Å². The summed E-state index contributed by atoms with van der Waals surface area (Å²) in [5.41, 5.74) is 4.35. The molecule has 0 saturated heterocycles. The van der Waals surface area contributed by atoms with Crippen LogP contribution < -0.4 is 10.1 Å². The Bertz CT molecular complexity index is 1290. The van der Waals surface area contributed by atoms with Gasteiger partial charge < -0.3 is 14.6 Å². The second kappa shape index (κ2) is 12.1. The van der Waals surface area contributed by atoms with E-state index in [1.807, 2.05) is 43.3 Å². The van der Waals surface area contributed by atoms with Crippen molar-refractivity contribution in [2.75, 3.05) is 6.54 Å². The van der Waals surface area contributed by atoms with Crippen LogP contribution in [0.1, 0.15) is 31.5 Å². The van der Waals surface area contributed by atoms with Crippen LogP contribution >= 0.6 is 0 Å². The molecular weight excluding hydrogens is 460 g/mol. The van der Waals surface area contributed by atoms with Crippen molar-refractivity contribution < 1.29 is 18.3 Å². The third-order valence-electron chi connectivity index (χ3n) is 5.93. The molecule has 5 nitrogen and oxygen atoms in total. The quantitative estimate of drug-likeness (QED) is 0.241. The van der Waals surface area contributed by atoms with E-state index in [9.17, 15) is 13.6 Å². The molecular formula is C29H29F2N3O2. The Morgan fingerprint density at radius 1 is 0.861 bits per heavy atom. The van der Waals surface area contributed by atoms with Crippen LogP contribution in [-0.2, 0) is 6.54 Å². The molecule has 0 aliphatic carbocycles. The number of rotatable bonds is 10. The number of aromatic nitrogens is 2. The van der Waals surface area contributed by atoms with E-state index in [4.69, 9.17) is 9.72 Å². The van der Waals surface area contributed by atoms with Gasteiger partial charge in [0, 0.05) is 30.3 Å². The van der Waals surface area contributed by atoms with Crippen molar-refractivity contribution in [3.8, 4) is 28.3 Å². The van der Waals surface area contributed by atoms with Crippen LogP contribution in [0, 0.1) is 18.6 Å². The Kier molecular flexibility index (Phi) is 8.44. The Hall–Kier alpha value is -4.00. The molecule has 1 N–H and O–H groups in total. The van der Waals surface area contributed by atoms with Gasteiger partial charge in [0.1, 0.15) is 11.6 Å². The highest BCUT2D eigenvalue weighted by Gasteiger charge is 2.17. The highest BCUT2D eigenvalue weighted by atomic mass is 19.2. The number of unbranched alkanes of at least 4 members (excludes halogenated alkanes) is 3. The molecule has 7 heteroatoms. The topological polar surface area (TPSA) is 56.2 Å². The molecule has 0 bridgehead atoms. The fraction of sp³-hybridized carbons (Fsp3) is 0.241. The van der Waals surface area contributed by atoms with Crippen LogP contribution in [-0.4, -0.2) is 22.2 Å². The van der Waals surface area contributed by atoms with Crippen molar-refractivity contribution in [3.05, 3.63) is 96.3 Å². The van der Waals surface area contributed by atoms with E-state index >= 15 is 0 Å². The van der Waals surface area contributed by atoms with Crippen molar-refractivity contribution in [3.63, 3.8) is 0 Å². The summed E-state index contributed by atoms with van der Waals surface area (Å²) in [6.07, 6.45) is 3.01. The molecule has 1 heterocycles. The molecule has 0 aliphatic rings. The zero-order chi connectivity index (χ0) is 25.3. The fourth-order valence-electron chi connectivity index (χ4n) is 4.15. The van der Waals surface area contributed by atoms with Gasteiger partial charge in [-0.2, -0.15) is 0 Å². The van der Waals surface area contributed by atoms with Crippen LogP contribution in [0.5, 0.6) is 5.75 Å². The molecule has 186 valence electrons. The third-order valence-corrected chi connectivity index (χ3v) is 5.93. The lowest BCUT2D eigenvalue weighted by atomic mass is 10.0. The number of carbonyl (C=O) groups is 1. The number of aryl methyl sites for hydroxylation is 1. The lowest BCUT2D eigenvalue weighted by Crippen LogP contribution is -2.27. The van der Waals surface area contributed by atoms with Crippen molar-refractivity contribution in [1.82, 2.24) is 14.9 Å². The molecule has 36 heavy (non-hydrogen) atoms. The summed E-state index contributed by atoms with van der Waals surface area (Å²) in [4.78, 5) is 16.8. The first-order valence-corrected chi connectivity index (χ1v) is 12.1. The molecule has 1 amide bonds. The summed E-state index contributed by atoms with van der Waals surface area (Å²) in [6.45, 7) is 3.34.